The van der Waals surface area contributed by atoms with E-state index in [2.05, 4.69) is 15.4 Å². The van der Waals surface area contributed by atoms with Crippen LogP contribution in [0.5, 0.6) is 0 Å². The van der Waals surface area contributed by atoms with Crippen molar-refractivity contribution in [3.05, 3.63) is 88.5 Å². The summed E-state index contributed by atoms with van der Waals surface area (Å²) in [5.74, 6) is -0.546. The van der Waals surface area contributed by atoms with E-state index < -0.39 is 0 Å². The standard InChI is InChI=1S/C23H21FN4O/c1-14-7-9-17(10-8-14)13-25-23(29)20-11-15(2)26-22-21(20)16(3)27-28(22)19-6-4-5-18(24)12-19/h4-12H,13H2,1-3H3,(H,25,29). The number of nitrogens with zero attached hydrogens (tertiary/aromatic N) is 3. The maximum atomic E-state index is 13.7. The van der Waals surface area contributed by atoms with Gasteiger partial charge in [0.25, 0.3) is 5.91 Å². The topological polar surface area (TPSA) is 59.8 Å². The molecule has 6 heteroatoms. The molecular formula is C23H21FN4O. The van der Waals surface area contributed by atoms with Crippen LogP contribution in [0.1, 0.15) is 32.9 Å². The summed E-state index contributed by atoms with van der Waals surface area (Å²) in [6.07, 6.45) is 0. The van der Waals surface area contributed by atoms with Crippen molar-refractivity contribution in [3.63, 3.8) is 0 Å². The first-order chi connectivity index (χ1) is 13.9. The lowest BCUT2D eigenvalue weighted by Crippen LogP contribution is -2.23. The van der Waals surface area contributed by atoms with Crippen molar-refractivity contribution in [3.8, 4) is 5.69 Å². The first-order valence-corrected chi connectivity index (χ1v) is 9.39. The molecule has 0 radical (unpaired) electrons. The van der Waals surface area contributed by atoms with E-state index in [1.54, 1.807) is 22.9 Å². The normalized spacial score (nSPS) is 11.0. The van der Waals surface area contributed by atoms with Crippen LogP contribution in [0.3, 0.4) is 0 Å². The molecule has 2 aromatic carbocycles. The maximum Gasteiger partial charge on any atom is 0.252 e. The van der Waals surface area contributed by atoms with Crippen LogP contribution in [0.15, 0.2) is 54.6 Å². The van der Waals surface area contributed by atoms with Gasteiger partial charge in [-0.15, -0.1) is 0 Å². The minimum Gasteiger partial charge on any atom is -0.348 e. The Kier molecular flexibility index (Phi) is 4.84. The van der Waals surface area contributed by atoms with E-state index in [-0.39, 0.29) is 11.7 Å². The second-order valence-electron chi connectivity index (χ2n) is 7.16. The highest BCUT2D eigenvalue weighted by Gasteiger charge is 2.19. The van der Waals surface area contributed by atoms with E-state index in [0.29, 0.717) is 40.2 Å². The van der Waals surface area contributed by atoms with Crippen LogP contribution in [0.4, 0.5) is 4.39 Å². The van der Waals surface area contributed by atoms with Crippen molar-refractivity contribution in [2.45, 2.75) is 27.3 Å². The molecule has 0 atom stereocenters. The lowest BCUT2D eigenvalue weighted by molar-refractivity contribution is 0.0952. The van der Waals surface area contributed by atoms with Gasteiger partial charge in [-0.2, -0.15) is 5.10 Å². The molecule has 0 spiro atoms. The molecular weight excluding hydrogens is 367 g/mol. The van der Waals surface area contributed by atoms with E-state index in [1.165, 1.54) is 17.7 Å². The van der Waals surface area contributed by atoms with Crippen LogP contribution < -0.4 is 5.32 Å². The molecule has 0 bridgehead atoms. The smallest absolute Gasteiger partial charge is 0.252 e. The number of hydrogen-bond acceptors (Lipinski definition) is 3. The predicted molar refractivity (Wildman–Crippen MR) is 111 cm³/mol. The average molecular weight is 388 g/mol. The number of aromatic nitrogens is 3. The van der Waals surface area contributed by atoms with Crippen LogP contribution in [-0.4, -0.2) is 20.7 Å². The number of pyridine rings is 1. The third-order valence-corrected chi connectivity index (χ3v) is 4.81. The number of benzene rings is 2. The molecule has 2 aromatic heterocycles. The minimum absolute atomic E-state index is 0.192. The Morgan fingerprint density at radius 1 is 1.07 bits per heavy atom. The van der Waals surface area contributed by atoms with Gasteiger partial charge in [-0.3, -0.25) is 4.79 Å². The third-order valence-electron chi connectivity index (χ3n) is 4.81. The van der Waals surface area contributed by atoms with Crippen molar-refractivity contribution in [1.29, 1.82) is 0 Å². The molecule has 0 aliphatic heterocycles. The highest BCUT2D eigenvalue weighted by Crippen LogP contribution is 2.25. The lowest BCUT2D eigenvalue weighted by atomic mass is 10.1. The molecule has 5 nitrogen and oxygen atoms in total. The molecule has 4 rings (SSSR count). The van der Waals surface area contributed by atoms with Crippen molar-refractivity contribution < 1.29 is 9.18 Å². The highest BCUT2D eigenvalue weighted by atomic mass is 19.1. The summed E-state index contributed by atoms with van der Waals surface area (Å²) in [4.78, 5) is 17.5. The number of rotatable bonds is 4. The molecule has 0 aliphatic carbocycles. The molecule has 1 amide bonds. The molecule has 146 valence electrons. The van der Waals surface area contributed by atoms with Gasteiger partial charge in [0.1, 0.15) is 5.82 Å². The van der Waals surface area contributed by atoms with E-state index >= 15 is 0 Å². The second-order valence-corrected chi connectivity index (χ2v) is 7.16. The van der Waals surface area contributed by atoms with Crippen LogP contribution in [0.25, 0.3) is 16.7 Å². The molecule has 0 aliphatic rings. The minimum atomic E-state index is -0.354. The predicted octanol–water partition coefficient (Wildman–Crippen LogP) is 4.41. The Morgan fingerprint density at radius 3 is 2.55 bits per heavy atom. The summed E-state index contributed by atoms with van der Waals surface area (Å²) in [5, 5.41) is 8.16. The molecule has 29 heavy (non-hydrogen) atoms. The summed E-state index contributed by atoms with van der Waals surface area (Å²) < 4.78 is 15.3. The van der Waals surface area contributed by atoms with Gasteiger partial charge in [0.2, 0.25) is 0 Å². The molecule has 0 saturated heterocycles. The molecule has 0 fully saturated rings. The van der Waals surface area contributed by atoms with Gasteiger partial charge in [0.15, 0.2) is 5.65 Å². The lowest BCUT2D eigenvalue weighted by Gasteiger charge is -2.09. The number of amides is 1. The summed E-state index contributed by atoms with van der Waals surface area (Å²) in [7, 11) is 0. The first-order valence-electron chi connectivity index (χ1n) is 9.39. The molecule has 0 unspecified atom stereocenters. The van der Waals surface area contributed by atoms with Crippen molar-refractivity contribution in [2.75, 3.05) is 0 Å². The number of carbonyl (C=O) groups is 1. The first kappa shape index (κ1) is 18.8. The Balaban J connectivity index is 1.73. The molecule has 4 aromatic rings. The SMILES string of the molecule is Cc1ccc(CNC(=O)c2cc(C)nc3c2c(C)nn3-c2cccc(F)c2)cc1. The van der Waals surface area contributed by atoms with Crippen LogP contribution in [0, 0.1) is 26.6 Å². The van der Waals surface area contributed by atoms with Crippen LogP contribution in [-0.2, 0) is 6.54 Å². The fourth-order valence-electron chi connectivity index (χ4n) is 3.36. The van der Waals surface area contributed by atoms with Gasteiger partial charge < -0.3 is 5.32 Å². The summed E-state index contributed by atoms with van der Waals surface area (Å²) in [5.41, 5.74) is 5.17. The summed E-state index contributed by atoms with van der Waals surface area (Å²) >= 11 is 0. The summed E-state index contributed by atoms with van der Waals surface area (Å²) in [6.45, 7) is 6.11. The van der Waals surface area contributed by atoms with Crippen molar-refractivity contribution in [1.82, 2.24) is 20.1 Å². The second kappa shape index (κ2) is 7.47. The van der Waals surface area contributed by atoms with Gasteiger partial charge in [-0.25, -0.2) is 14.1 Å². The van der Waals surface area contributed by atoms with E-state index in [4.69, 9.17) is 0 Å². The van der Waals surface area contributed by atoms with E-state index in [1.807, 2.05) is 45.0 Å². The zero-order valence-corrected chi connectivity index (χ0v) is 16.5. The number of halogens is 1. The van der Waals surface area contributed by atoms with Crippen LogP contribution in [0.2, 0.25) is 0 Å². The number of carbonyl (C=O) groups excluding carboxylic acids is 1. The Hall–Kier alpha value is -3.54. The fraction of sp³-hybridized carbons (Fsp3) is 0.174. The zero-order chi connectivity index (χ0) is 20.5. The van der Waals surface area contributed by atoms with Gasteiger partial charge in [0, 0.05) is 12.2 Å². The average Bonchev–Trinajstić information content (AvgIpc) is 3.03. The maximum absolute atomic E-state index is 13.7. The number of aryl methyl sites for hydroxylation is 3. The monoisotopic (exact) mass is 388 g/mol. The van der Waals surface area contributed by atoms with Gasteiger partial charge >= 0.3 is 0 Å². The van der Waals surface area contributed by atoms with Gasteiger partial charge in [-0.05, 0) is 50.6 Å². The Morgan fingerprint density at radius 2 is 1.83 bits per heavy atom. The molecule has 1 N–H and O–H groups in total. The Bertz CT molecular complexity index is 1210. The summed E-state index contributed by atoms with van der Waals surface area (Å²) in [6, 6.07) is 15.9. The van der Waals surface area contributed by atoms with Gasteiger partial charge in [0.05, 0.1) is 22.3 Å². The van der Waals surface area contributed by atoms with E-state index in [9.17, 15) is 9.18 Å². The van der Waals surface area contributed by atoms with E-state index in [0.717, 1.165) is 5.56 Å². The Labute approximate surface area is 168 Å². The largest absolute Gasteiger partial charge is 0.348 e. The quantitative estimate of drug-likeness (QED) is 0.563. The number of hydrogen-bond donors (Lipinski definition) is 1. The van der Waals surface area contributed by atoms with Gasteiger partial charge in [-0.1, -0.05) is 35.9 Å². The fourth-order valence-corrected chi connectivity index (χ4v) is 3.36. The third kappa shape index (κ3) is 3.74. The molecule has 0 saturated carbocycles. The number of nitrogens with one attached hydrogen (secondary N) is 1. The van der Waals surface area contributed by atoms with Crippen LogP contribution >= 0.6 is 0 Å². The van der Waals surface area contributed by atoms with Crippen molar-refractivity contribution >= 4 is 16.9 Å². The zero-order valence-electron chi connectivity index (χ0n) is 16.5. The van der Waals surface area contributed by atoms with Crippen molar-refractivity contribution in [2.24, 2.45) is 0 Å². The molecule has 2 heterocycles. The number of fused-ring (bicyclic) bond motifs is 1. The highest BCUT2D eigenvalue weighted by molar-refractivity contribution is 6.06.